The average Bonchev–Trinajstić information content (AvgIpc) is 3.50. The SMILES string of the molecule is CCNC(=NCC(c1ccco1)N1CCCCC1)NC1CCN(c2cccs2)CC1.I. The highest BCUT2D eigenvalue weighted by molar-refractivity contribution is 14.0. The van der Waals surface area contributed by atoms with Crippen LogP contribution in [0, 0.1) is 0 Å². The van der Waals surface area contributed by atoms with E-state index in [1.54, 1.807) is 6.26 Å². The summed E-state index contributed by atoms with van der Waals surface area (Å²) in [6.45, 7) is 8.18. The fourth-order valence-electron chi connectivity index (χ4n) is 4.48. The van der Waals surface area contributed by atoms with Gasteiger partial charge in [-0.25, -0.2) is 0 Å². The molecule has 4 heterocycles. The highest BCUT2D eigenvalue weighted by Gasteiger charge is 2.25. The number of hydrogen-bond donors (Lipinski definition) is 2. The summed E-state index contributed by atoms with van der Waals surface area (Å²) in [7, 11) is 0. The third-order valence-electron chi connectivity index (χ3n) is 6.12. The lowest BCUT2D eigenvalue weighted by molar-refractivity contribution is 0.150. The van der Waals surface area contributed by atoms with E-state index in [2.05, 4.69) is 50.9 Å². The number of hydrogen-bond acceptors (Lipinski definition) is 5. The van der Waals surface area contributed by atoms with Crippen LogP contribution in [0.15, 0.2) is 45.3 Å². The minimum absolute atomic E-state index is 0. The van der Waals surface area contributed by atoms with E-state index in [-0.39, 0.29) is 30.0 Å². The Labute approximate surface area is 207 Å². The molecular formula is C23H36IN5OS. The van der Waals surface area contributed by atoms with E-state index in [1.165, 1.54) is 24.3 Å². The summed E-state index contributed by atoms with van der Waals surface area (Å²) >= 11 is 1.83. The molecule has 0 amide bonds. The number of nitrogens with one attached hydrogen (secondary N) is 2. The molecule has 2 aromatic heterocycles. The van der Waals surface area contributed by atoms with Crippen LogP contribution in [0.3, 0.4) is 0 Å². The van der Waals surface area contributed by atoms with Crippen LogP contribution < -0.4 is 15.5 Å². The summed E-state index contributed by atoms with van der Waals surface area (Å²) in [6, 6.07) is 9.13. The Hall–Kier alpha value is -1.26. The number of thiophene rings is 1. The topological polar surface area (TPSA) is 56.0 Å². The Bertz CT molecular complexity index is 753. The van der Waals surface area contributed by atoms with Crippen molar-refractivity contribution in [3.63, 3.8) is 0 Å². The van der Waals surface area contributed by atoms with Gasteiger partial charge in [0.1, 0.15) is 5.76 Å². The molecule has 0 aliphatic carbocycles. The molecule has 2 aliphatic heterocycles. The summed E-state index contributed by atoms with van der Waals surface area (Å²) in [6.07, 6.45) is 7.91. The molecule has 172 valence electrons. The minimum Gasteiger partial charge on any atom is -0.468 e. The van der Waals surface area contributed by atoms with Gasteiger partial charge in [-0.05, 0) is 75.3 Å². The van der Waals surface area contributed by atoms with Crippen molar-refractivity contribution in [1.82, 2.24) is 15.5 Å². The van der Waals surface area contributed by atoms with Gasteiger partial charge < -0.3 is 20.0 Å². The minimum atomic E-state index is 0. The normalized spacial score (nSPS) is 19.6. The number of furan rings is 1. The number of likely N-dealkylation sites (tertiary alicyclic amines) is 1. The number of halogens is 1. The molecule has 2 fully saturated rings. The van der Waals surface area contributed by atoms with Gasteiger partial charge in [-0.2, -0.15) is 0 Å². The van der Waals surface area contributed by atoms with E-state index >= 15 is 0 Å². The van der Waals surface area contributed by atoms with Crippen LogP contribution in [-0.4, -0.2) is 56.2 Å². The van der Waals surface area contributed by atoms with Crippen LogP contribution in [0.1, 0.15) is 50.8 Å². The molecule has 0 spiro atoms. The van der Waals surface area contributed by atoms with Gasteiger partial charge in [0.25, 0.3) is 0 Å². The fourth-order valence-corrected chi connectivity index (χ4v) is 5.27. The Morgan fingerprint density at radius 3 is 2.61 bits per heavy atom. The zero-order valence-electron chi connectivity index (χ0n) is 18.5. The standard InChI is InChI=1S/C23H35N5OS.HI/c1-2-24-23(26-19-10-14-28(15-11-19)22-9-7-17-30-22)25-18-20(21-8-6-16-29-21)27-12-4-3-5-13-27;/h6-9,16-17,19-20H,2-5,10-15,18H2,1H3,(H2,24,25,26);1H. The Morgan fingerprint density at radius 2 is 1.97 bits per heavy atom. The van der Waals surface area contributed by atoms with Gasteiger partial charge in [0.05, 0.1) is 23.9 Å². The second-order valence-corrected chi connectivity index (χ2v) is 9.13. The molecule has 2 N–H and O–H groups in total. The first-order valence-electron chi connectivity index (χ1n) is 11.4. The van der Waals surface area contributed by atoms with Crippen LogP contribution in [0.25, 0.3) is 0 Å². The van der Waals surface area contributed by atoms with Crippen molar-refractivity contribution in [1.29, 1.82) is 0 Å². The van der Waals surface area contributed by atoms with Crippen LogP contribution in [0.2, 0.25) is 0 Å². The molecule has 2 aromatic rings. The van der Waals surface area contributed by atoms with Crippen molar-refractivity contribution in [3.05, 3.63) is 41.7 Å². The summed E-state index contributed by atoms with van der Waals surface area (Å²) < 4.78 is 5.78. The number of anilines is 1. The fraction of sp³-hybridized carbons (Fsp3) is 0.609. The number of rotatable bonds is 7. The predicted molar refractivity (Wildman–Crippen MR) is 141 cm³/mol. The number of aliphatic imine (C=N–C) groups is 1. The zero-order valence-corrected chi connectivity index (χ0v) is 21.6. The molecule has 0 aromatic carbocycles. The third-order valence-corrected chi connectivity index (χ3v) is 7.05. The van der Waals surface area contributed by atoms with Crippen molar-refractivity contribution < 1.29 is 4.42 Å². The molecule has 2 saturated heterocycles. The second kappa shape index (κ2) is 12.7. The van der Waals surface area contributed by atoms with E-state index in [0.717, 1.165) is 63.8 Å². The molecule has 6 nitrogen and oxygen atoms in total. The summed E-state index contributed by atoms with van der Waals surface area (Å²) in [5, 5.41) is 10.7. The zero-order chi connectivity index (χ0) is 20.6. The highest BCUT2D eigenvalue weighted by atomic mass is 127. The molecule has 4 rings (SSSR count). The molecule has 0 bridgehead atoms. The predicted octanol–water partition coefficient (Wildman–Crippen LogP) is 4.71. The van der Waals surface area contributed by atoms with Gasteiger partial charge >= 0.3 is 0 Å². The second-order valence-electron chi connectivity index (χ2n) is 8.20. The smallest absolute Gasteiger partial charge is 0.191 e. The van der Waals surface area contributed by atoms with Gasteiger partial charge in [0, 0.05) is 25.7 Å². The van der Waals surface area contributed by atoms with Gasteiger partial charge in [0.2, 0.25) is 0 Å². The van der Waals surface area contributed by atoms with Gasteiger partial charge in [0.15, 0.2) is 5.96 Å². The van der Waals surface area contributed by atoms with Crippen LogP contribution >= 0.6 is 35.3 Å². The third kappa shape index (κ3) is 6.86. The maximum Gasteiger partial charge on any atom is 0.191 e. The summed E-state index contributed by atoms with van der Waals surface area (Å²) in [5.74, 6) is 1.96. The van der Waals surface area contributed by atoms with Crippen LogP contribution in [0.5, 0.6) is 0 Å². The van der Waals surface area contributed by atoms with E-state index in [0.29, 0.717) is 6.04 Å². The van der Waals surface area contributed by atoms with Crippen molar-refractivity contribution in [2.45, 2.75) is 51.1 Å². The first-order chi connectivity index (χ1) is 14.8. The Kier molecular flexibility index (Phi) is 9.98. The molecule has 0 saturated carbocycles. The van der Waals surface area contributed by atoms with Gasteiger partial charge in [-0.1, -0.05) is 6.42 Å². The quantitative estimate of drug-likeness (QED) is 0.294. The lowest BCUT2D eigenvalue weighted by Gasteiger charge is -2.34. The molecule has 1 atom stereocenters. The Balaban J connectivity index is 0.00000272. The van der Waals surface area contributed by atoms with E-state index in [4.69, 9.17) is 9.41 Å². The number of guanidine groups is 1. The van der Waals surface area contributed by atoms with E-state index in [1.807, 2.05) is 17.4 Å². The number of nitrogens with zero attached hydrogens (tertiary/aromatic N) is 3. The van der Waals surface area contributed by atoms with E-state index < -0.39 is 0 Å². The van der Waals surface area contributed by atoms with Crippen LogP contribution in [-0.2, 0) is 0 Å². The maximum atomic E-state index is 5.78. The largest absolute Gasteiger partial charge is 0.468 e. The van der Waals surface area contributed by atoms with E-state index in [9.17, 15) is 0 Å². The molecule has 8 heteroatoms. The summed E-state index contributed by atoms with van der Waals surface area (Å²) in [4.78, 5) is 10.0. The van der Waals surface area contributed by atoms with Crippen molar-refractivity contribution in [2.75, 3.05) is 44.2 Å². The van der Waals surface area contributed by atoms with Crippen molar-refractivity contribution in [3.8, 4) is 0 Å². The number of piperidine rings is 2. The van der Waals surface area contributed by atoms with Crippen molar-refractivity contribution in [2.24, 2.45) is 4.99 Å². The van der Waals surface area contributed by atoms with Gasteiger partial charge in [-0.15, -0.1) is 35.3 Å². The first kappa shape index (κ1) is 24.4. The maximum absolute atomic E-state index is 5.78. The van der Waals surface area contributed by atoms with Crippen LogP contribution in [0.4, 0.5) is 5.00 Å². The molecule has 31 heavy (non-hydrogen) atoms. The monoisotopic (exact) mass is 557 g/mol. The molecule has 1 unspecified atom stereocenters. The molecule has 2 aliphatic rings. The first-order valence-corrected chi connectivity index (χ1v) is 12.3. The lowest BCUT2D eigenvalue weighted by atomic mass is 10.1. The summed E-state index contributed by atoms with van der Waals surface area (Å²) in [5.41, 5.74) is 0. The highest BCUT2D eigenvalue weighted by Crippen LogP contribution is 2.26. The Morgan fingerprint density at radius 1 is 1.16 bits per heavy atom. The molecule has 0 radical (unpaired) electrons. The average molecular weight is 558 g/mol. The lowest BCUT2D eigenvalue weighted by Crippen LogP contribution is -2.49. The molecular weight excluding hydrogens is 521 g/mol. The van der Waals surface area contributed by atoms with Gasteiger partial charge in [-0.3, -0.25) is 9.89 Å². The van der Waals surface area contributed by atoms with Crippen molar-refractivity contribution >= 4 is 46.3 Å².